The van der Waals surface area contributed by atoms with Gasteiger partial charge in [0, 0.05) is 11.4 Å². The molecule has 0 aliphatic heterocycles. The maximum Gasteiger partial charge on any atom is 0.387 e. The van der Waals surface area contributed by atoms with Gasteiger partial charge in [-0.25, -0.2) is 0 Å². The van der Waals surface area contributed by atoms with Crippen molar-refractivity contribution < 1.29 is 23.1 Å². The number of hydrogen-bond donors (Lipinski definition) is 2. The predicted molar refractivity (Wildman–Crippen MR) is 103 cm³/mol. The second kappa shape index (κ2) is 9.91. The molecule has 0 saturated carbocycles. The Morgan fingerprint density at radius 2 is 1.56 bits per heavy atom. The van der Waals surface area contributed by atoms with E-state index in [1.165, 1.54) is 36.0 Å². The van der Waals surface area contributed by atoms with Crippen LogP contribution in [0.4, 0.5) is 20.2 Å². The van der Waals surface area contributed by atoms with Crippen molar-refractivity contribution >= 4 is 35.0 Å². The molecule has 144 valence electrons. The van der Waals surface area contributed by atoms with Crippen LogP contribution in [-0.2, 0) is 9.59 Å². The third kappa shape index (κ3) is 7.26. The van der Waals surface area contributed by atoms with E-state index in [1.54, 1.807) is 6.92 Å². The van der Waals surface area contributed by atoms with Gasteiger partial charge in [0.2, 0.25) is 11.8 Å². The lowest BCUT2D eigenvalue weighted by molar-refractivity contribution is -0.115. The number of hydrogen-bond acceptors (Lipinski definition) is 4. The van der Waals surface area contributed by atoms with E-state index in [2.05, 4.69) is 15.4 Å². The lowest BCUT2D eigenvalue weighted by Gasteiger charge is -2.13. The highest BCUT2D eigenvalue weighted by atomic mass is 32.2. The summed E-state index contributed by atoms with van der Waals surface area (Å²) >= 11 is 1.20. The quantitative estimate of drug-likeness (QED) is 0.701. The van der Waals surface area contributed by atoms with E-state index in [1.807, 2.05) is 31.2 Å². The Kier molecular flexibility index (Phi) is 7.60. The molecule has 2 aromatic rings. The number of amides is 2. The molecule has 8 heteroatoms. The van der Waals surface area contributed by atoms with Crippen LogP contribution in [0.25, 0.3) is 0 Å². The topological polar surface area (TPSA) is 67.4 Å². The van der Waals surface area contributed by atoms with Gasteiger partial charge in [-0.05, 0) is 50.2 Å². The summed E-state index contributed by atoms with van der Waals surface area (Å²) in [6.07, 6.45) is 0. The van der Waals surface area contributed by atoms with Crippen molar-refractivity contribution in [2.45, 2.75) is 25.7 Å². The maximum absolute atomic E-state index is 12.2. The minimum absolute atomic E-state index is 0.0122. The van der Waals surface area contributed by atoms with Gasteiger partial charge in [-0.1, -0.05) is 17.7 Å². The number of rotatable bonds is 8. The standard InChI is InChI=1S/C19H20F2N2O3S/c1-12-3-5-14(6-4-12)22-17(24)11-27-13(2)18(25)23-15-7-9-16(10-8-15)26-19(20)21/h3-10,13,19H,11H2,1-2H3,(H,22,24)(H,23,25)/t13-/m0/s1. The molecule has 1 atom stereocenters. The number of benzene rings is 2. The van der Waals surface area contributed by atoms with Crippen LogP contribution in [0.2, 0.25) is 0 Å². The molecule has 0 aliphatic rings. The van der Waals surface area contributed by atoms with E-state index in [0.29, 0.717) is 11.4 Å². The van der Waals surface area contributed by atoms with Crippen molar-refractivity contribution in [2.75, 3.05) is 16.4 Å². The van der Waals surface area contributed by atoms with Gasteiger partial charge in [-0.3, -0.25) is 9.59 Å². The Morgan fingerprint density at radius 1 is 1.00 bits per heavy atom. The first-order valence-corrected chi connectivity index (χ1v) is 9.22. The van der Waals surface area contributed by atoms with Gasteiger partial charge in [0.05, 0.1) is 11.0 Å². The summed E-state index contributed by atoms with van der Waals surface area (Å²) in [5, 5.41) is 4.97. The number of halogens is 2. The molecule has 0 bridgehead atoms. The minimum atomic E-state index is -2.90. The van der Waals surface area contributed by atoms with Gasteiger partial charge < -0.3 is 15.4 Å². The number of carbonyl (C=O) groups is 2. The Labute approximate surface area is 160 Å². The minimum Gasteiger partial charge on any atom is -0.435 e. The Bertz CT molecular complexity index is 768. The molecule has 2 aromatic carbocycles. The predicted octanol–water partition coefficient (Wildman–Crippen LogP) is 4.30. The van der Waals surface area contributed by atoms with Crippen molar-refractivity contribution in [1.29, 1.82) is 0 Å². The van der Waals surface area contributed by atoms with E-state index in [4.69, 9.17) is 0 Å². The number of anilines is 2. The summed E-state index contributed by atoms with van der Waals surface area (Å²) in [5.41, 5.74) is 2.26. The van der Waals surface area contributed by atoms with Crippen molar-refractivity contribution in [2.24, 2.45) is 0 Å². The number of nitrogens with one attached hydrogen (secondary N) is 2. The molecule has 0 heterocycles. The van der Waals surface area contributed by atoms with Crippen LogP contribution in [-0.4, -0.2) is 29.4 Å². The van der Waals surface area contributed by atoms with Gasteiger partial charge >= 0.3 is 6.61 Å². The molecular formula is C19H20F2N2O3S. The first-order valence-electron chi connectivity index (χ1n) is 8.17. The van der Waals surface area contributed by atoms with Crippen molar-refractivity contribution in [3.05, 3.63) is 54.1 Å². The molecule has 0 radical (unpaired) electrons. The molecule has 0 aliphatic carbocycles. The molecule has 0 spiro atoms. The molecule has 5 nitrogen and oxygen atoms in total. The van der Waals surface area contributed by atoms with Crippen molar-refractivity contribution in [1.82, 2.24) is 0 Å². The van der Waals surface area contributed by atoms with Crippen molar-refractivity contribution in [3.63, 3.8) is 0 Å². The van der Waals surface area contributed by atoms with E-state index >= 15 is 0 Å². The van der Waals surface area contributed by atoms with E-state index in [0.717, 1.165) is 5.56 Å². The number of thioether (sulfide) groups is 1. The summed E-state index contributed by atoms with van der Waals surface area (Å²) in [7, 11) is 0. The normalized spacial score (nSPS) is 11.7. The fourth-order valence-electron chi connectivity index (χ4n) is 2.07. The first kappa shape index (κ1) is 20.7. The maximum atomic E-state index is 12.2. The number of carbonyl (C=O) groups excluding carboxylic acids is 2. The second-order valence-electron chi connectivity index (χ2n) is 5.76. The molecular weight excluding hydrogens is 374 g/mol. The second-order valence-corrected chi connectivity index (χ2v) is 7.09. The highest BCUT2D eigenvalue weighted by molar-refractivity contribution is 8.01. The molecule has 0 aromatic heterocycles. The van der Waals surface area contributed by atoms with E-state index in [9.17, 15) is 18.4 Å². The average molecular weight is 394 g/mol. The molecule has 0 saturated heterocycles. The largest absolute Gasteiger partial charge is 0.435 e. The first-order chi connectivity index (χ1) is 12.8. The highest BCUT2D eigenvalue weighted by Gasteiger charge is 2.16. The summed E-state index contributed by atoms with van der Waals surface area (Å²) in [6, 6.07) is 13.1. The van der Waals surface area contributed by atoms with Gasteiger partial charge in [0.1, 0.15) is 5.75 Å². The van der Waals surface area contributed by atoms with Gasteiger partial charge in [-0.15, -0.1) is 11.8 Å². The zero-order valence-electron chi connectivity index (χ0n) is 14.9. The zero-order valence-corrected chi connectivity index (χ0v) is 15.7. The van der Waals surface area contributed by atoms with Gasteiger partial charge in [0.25, 0.3) is 0 Å². The van der Waals surface area contributed by atoms with Crippen LogP contribution in [0, 0.1) is 6.92 Å². The Balaban J connectivity index is 1.77. The summed E-state index contributed by atoms with van der Waals surface area (Å²) in [5.74, 6) is -0.343. The van der Waals surface area contributed by atoms with Crippen LogP contribution in [0.3, 0.4) is 0 Å². The fourth-order valence-corrected chi connectivity index (χ4v) is 2.76. The molecule has 0 unspecified atom stereocenters. The van der Waals surface area contributed by atoms with Gasteiger partial charge in [-0.2, -0.15) is 8.78 Å². The number of ether oxygens (including phenoxy) is 1. The molecule has 2 amide bonds. The van der Waals surface area contributed by atoms with Crippen LogP contribution in [0.1, 0.15) is 12.5 Å². The summed E-state index contributed by atoms with van der Waals surface area (Å²) in [6.45, 7) is 0.752. The van der Waals surface area contributed by atoms with Crippen LogP contribution in [0.5, 0.6) is 5.75 Å². The number of aryl methyl sites for hydroxylation is 1. The SMILES string of the molecule is Cc1ccc(NC(=O)CS[C@@H](C)C(=O)Nc2ccc(OC(F)F)cc2)cc1. The van der Waals surface area contributed by atoms with E-state index in [-0.39, 0.29) is 23.3 Å². The number of alkyl halides is 2. The van der Waals surface area contributed by atoms with Crippen LogP contribution in [0.15, 0.2) is 48.5 Å². The monoisotopic (exact) mass is 394 g/mol. The zero-order chi connectivity index (χ0) is 19.8. The average Bonchev–Trinajstić information content (AvgIpc) is 2.62. The molecule has 2 N–H and O–H groups in total. The molecule has 27 heavy (non-hydrogen) atoms. The Morgan fingerprint density at radius 3 is 2.15 bits per heavy atom. The van der Waals surface area contributed by atoms with E-state index < -0.39 is 11.9 Å². The summed E-state index contributed by atoms with van der Waals surface area (Å²) < 4.78 is 28.5. The molecule has 2 rings (SSSR count). The lowest BCUT2D eigenvalue weighted by Crippen LogP contribution is -2.25. The Hall–Kier alpha value is -2.61. The van der Waals surface area contributed by atoms with Crippen LogP contribution >= 0.6 is 11.8 Å². The fraction of sp³-hybridized carbons (Fsp3) is 0.263. The summed E-state index contributed by atoms with van der Waals surface area (Å²) in [4.78, 5) is 24.1. The lowest BCUT2D eigenvalue weighted by atomic mass is 10.2. The van der Waals surface area contributed by atoms with Crippen molar-refractivity contribution in [3.8, 4) is 5.75 Å². The highest BCUT2D eigenvalue weighted by Crippen LogP contribution is 2.19. The smallest absolute Gasteiger partial charge is 0.387 e. The third-order valence-electron chi connectivity index (χ3n) is 3.52. The third-order valence-corrected chi connectivity index (χ3v) is 4.66. The van der Waals surface area contributed by atoms with Gasteiger partial charge in [0.15, 0.2) is 0 Å². The molecule has 0 fully saturated rings. The van der Waals surface area contributed by atoms with Crippen LogP contribution < -0.4 is 15.4 Å².